The lowest BCUT2D eigenvalue weighted by Gasteiger charge is -2.34. The van der Waals surface area contributed by atoms with Gasteiger partial charge in [0.25, 0.3) is 0 Å². The van der Waals surface area contributed by atoms with Crippen LogP contribution >= 0.6 is 0 Å². The van der Waals surface area contributed by atoms with Crippen molar-refractivity contribution < 1.29 is 4.79 Å². The molecule has 0 bridgehead atoms. The van der Waals surface area contributed by atoms with E-state index < -0.39 is 5.41 Å². The van der Waals surface area contributed by atoms with Crippen molar-refractivity contribution in [2.24, 2.45) is 5.73 Å². The third kappa shape index (κ3) is 1.54. The number of H-pyrrole nitrogens is 1. The van der Waals surface area contributed by atoms with Gasteiger partial charge >= 0.3 is 0 Å². The number of carbonyl (C=O) groups is 1. The number of amides is 1. The maximum absolute atomic E-state index is 12.0. The van der Waals surface area contributed by atoms with Crippen LogP contribution in [0.3, 0.4) is 0 Å². The van der Waals surface area contributed by atoms with E-state index in [1.54, 1.807) is 0 Å². The molecule has 0 atom stereocenters. The molecule has 3 N–H and O–H groups in total. The summed E-state index contributed by atoms with van der Waals surface area (Å²) in [7, 11) is 0. The second-order valence-electron chi connectivity index (χ2n) is 5.25. The second-order valence-corrected chi connectivity index (χ2v) is 5.25. The van der Waals surface area contributed by atoms with Gasteiger partial charge in [0.05, 0.1) is 5.41 Å². The second kappa shape index (κ2) is 4.16. The first-order valence-corrected chi connectivity index (χ1v) is 6.60. The van der Waals surface area contributed by atoms with Crippen LogP contribution in [0, 0.1) is 0 Å². The topological polar surface area (TPSA) is 58.9 Å². The summed E-state index contributed by atoms with van der Waals surface area (Å²) in [6.07, 6.45) is 7.11. The number of primary amides is 1. The maximum Gasteiger partial charge on any atom is 0.228 e. The van der Waals surface area contributed by atoms with Gasteiger partial charge in [0, 0.05) is 17.1 Å². The lowest BCUT2D eigenvalue weighted by atomic mass is 9.69. The minimum Gasteiger partial charge on any atom is -0.369 e. The number of hydrogen-bond acceptors (Lipinski definition) is 1. The number of carbonyl (C=O) groups excluding carboxylic acids is 1. The molecule has 0 radical (unpaired) electrons. The lowest BCUT2D eigenvalue weighted by molar-refractivity contribution is -0.124. The molecule has 1 aliphatic carbocycles. The molecule has 0 aliphatic heterocycles. The van der Waals surface area contributed by atoms with Crippen molar-refractivity contribution in [3.63, 3.8) is 0 Å². The number of para-hydroxylation sites is 1. The normalized spacial score (nSPS) is 18.9. The SMILES string of the molecule is NC(=O)C1(c2c[nH]c3ccccc23)CCCCC1. The Morgan fingerprint density at radius 3 is 2.61 bits per heavy atom. The summed E-state index contributed by atoms with van der Waals surface area (Å²) < 4.78 is 0. The molecular formula is C15H18N2O. The quantitative estimate of drug-likeness (QED) is 0.835. The fraction of sp³-hybridized carbons (Fsp3) is 0.400. The molecule has 18 heavy (non-hydrogen) atoms. The fourth-order valence-electron chi connectivity index (χ4n) is 3.27. The molecule has 3 nitrogen and oxygen atoms in total. The molecule has 2 aromatic rings. The average molecular weight is 242 g/mol. The molecule has 1 aromatic carbocycles. The summed E-state index contributed by atoms with van der Waals surface area (Å²) in [4.78, 5) is 15.3. The first-order chi connectivity index (χ1) is 8.74. The van der Waals surface area contributed by atoms with Gasteiger partial charge in [0.15, 0.2) is 0 Å². The number of hydrogen-bond donors (Lipinski definition) is 2. The van der Waals surface area contributed by atoms with Gasteiger partial charge in [-0.2, -0.15) is 0 Å². The van der Waals surface area contributed by atoms with E-state index in [1.165, 1.54) is 6.42 Å². The Kier molecular flexibility index (Phi) is 2.62. The highest BCUT2D eigenvalue weighted by molar-refractivity contribution is 5.94. The minimum absolute atomic E-state index is 0.174. The molecular weight excluding hydrogens is 224 g/mol. The van der Waals surface area contributed by atoms with Crippen LogP contribution in [0.5, 0.6) is 0 Å². The highest BCUT2D eigenvalue weighted by Gasteiger charge is 2.41. The van der Waals surface area contributed by atoms with Crippen LogP contribution in [0.15, 0.2) is 30.5 Å². The molecule has 1 fully saturated rings. The number of benzene rings is 1. The van der Waals surface area contributed by atoms with Crippen molar-refractivity contribution in [3.8, 4) is 0 Å². The molecule has 1 aliphatic rings. The largest absolute Gasteiger partial charge is 0.369 e. The number of aromatic nitrogens is 1. The van der Waals surface area contributed by atoms with Crippen LogP contribution in [0.1, 0.15) is 37.7 Å². The Labute approximate surface area is 106 Å². The number of nitrogens with one attached hydrogen (secondary N) is 1. The predicted octanol–water partition coefficient (Wildman–Crippen LogP) is 2.86. The van der Waals surface area contributed by atoms with Crippen LogP contribution in [0.25, 0.3) is 10.9 Å². The summed E-state index contributed by atoms with van der Waals surface area (Å²) in [5.41, 5.74) is 7.44. The zero-order valence-electron chi connectivity index (χ0n) is 10.4. The Hall–Kier alpha value is -1.77. The van der Waals surface area contributed by atoms with Crippen molar-refractivity contribution in [1.82, 2.24) is 4.98 Å². The predicted molar refractivity (Wildman–Crippen MR) is 72.3 cm³/mol. The monoisotopic (exact) mass is 242 g/mol. The van der Waals surface area contributed by atoms with E-state index in [4.69, 9.17) is 5.73 Å². The van der Waals surface area contributed by atoms with Crippen molar-refractivity contribution in [2.45, 2.75) is 37.5 Å². The van der Waals surface area contributed by atoms with Crippen LogP contribution < -0.4 is 5.73 Å². The molecule has 0 saturated heterocycles. The molecule has 3 heteroatoms. The molecule has 1 amide bonds. The number of rotatable bonds is 2. The Bertz CT molecular complexity index is 579. The van der Waals surface area contributed by atoms with Gasteiger partial charge in [-0.15, -0.1) is 0 Å². The van der Waals surface area contributed by atoms with E-state index in [-0.39, 0.29) is 5.91 Å². The van der Waals surface area contributed by atoms with Crippen molar-refractivity contribution in [2.75, 3.05) is 0 Å². The zero-order valence-corrected chi connectivity index (χ0v) is 10.4. The standard InChI is InChI=1S/C15H18N2O/c16-14(18)15(8-4-1-5-9-15)12-10-17-13-7-3-2-6-11(12)13/h2-3,6-7,10,17H,1,4-5,8-9H2,(H2,16,18). The lowest BCUT2D eigenvalue weighted by Crippen LogP contribution is -2.42. The molecule has 1 saturated carbocycles. The molecule has 1 aromatic heterocycles. The van der Waals surface area contributed by atoms with E-state index >= 15 is 0 Å². The van der Waals surface area contributed by atoms with Crippen molar-refractivity contribution in [1.29, 1.82) is 0 Å². The maximum atomic E-state index is 12.0. The van der Waals surface area contributed by atoms with E-state index in [9.17, 15) is 4.79 Å². The smallest absolute Gasteiger partial charge is 0.228 e. The third-order valence-electron chi connectivity index (χ3n) is 4.28. The summed E-state index contributed by atoms with van der Waals surface area (Å²) in [6, 6.07) is 8.12. The van der Waals surface area contributed by atoms with Crippen molar-refractivity contribution in [3.05, 3.63) is 36.0 Å². The Balaban J connectivity index is 2.18. The van der Waals surface area contributed by atoms with Gasteiger partial charge in [-0.25, -0.2) is 0 Å². The Morgan fingerprint density at radius 2 is 1.89 bits per heavy atom. The molecule has 3 rings (SSSR count). The van der Waals surface area contributed by atoms with Crippen molar-refractivity contribution >= 4 is 16.8 Å². The summed E-state index contributed by atoms with van der Waals surface area (Å²) >= 11 is 0. The van der Waals surface area contributed by atoms with Crippen LogP contribution in [0.4, 0.5) is 0 Å². The first kappa shape index (κ1) is 11.3. The van der Waals surface area contributed by atoms with Gasteiger partial charge < -0.3 is 10.7 Å². The van der Waals surface area contributed by atoms with Crippen LogP contribution in [0.2, 0.25) is 0 Å². The molecule has 94 valence electrons. The van der Waals surface area contributed by atoms with Crippen LogP contribution in [-0.4, -0.2) is 10.9 Å². The fourth-order valence-corrected chi connectivity index (χ4v) is 3.27. The van der Waals surface area contributed by atoms with Gasteiger partial charge in [-0.1, -0.05) is 37.5 Å². The molecule has 0 spiro atoms. The van der Waals surface area contributed by atoms with E-state index in [2.05, 4.69) is 11.1 Å². The molecule has 1 heterocycles. The highest BCUT2D eigenvalue weighted by atomic mass is 16.1. The number of fused-ring (bicyclic) bond motifs is 1. The van der Waals surface area contributed by atoms with Gasteiger partial charge in [-0.3, -0.25) is 4.79 Å². The summed E-state index contributed by atoms with van der Waals surface area (Å²) in [6.45, 7) is 0. The summed E-state index contributed by atoms with van der Waals surface area (Å²) in [5.74, 6) is -0.174. The summed E-state index contributed by atoms with van der Waals surface area (Å²) in [5, 5.41) is 1.14. The van der Waals surface area contributed by atoms with E-state index in [0.717, 1.165) is 42.1 Å². The van der Waals surface area contributed by atoms with Gasteiger partial charge in [0.1, 0.15) is 0 Å². The zero-order chi connectivity index (χ0) is 12.6. The number of nitrogens with two attached hydrogens (primary N) is 1. The van der Waals surface area contributed by atoms with Crippen LogP contribution in [-0.2, 0) is 10.2 Å². The average Bonchev–Trinajstić information content (AvgIpc) is 2.83. The number of aromatic amines is 1. The van der Waals surface area contributed by atoms with E-state index in [1.807, 2.05) is 24.4 Å². The highest BCUT2D eigenvalue weighted by Crippen LogP contribution is 2.42. The third-order valence-corrected chi connectivity index (χ3v) is 4.28. The minimum atomic E-state index is -0.460. The van der Waals surface area contributed by atoms with E-state index in [0.29, 0.717) is 0 Å². The Morgan fingerprint density at radius 1 is 1.17 bits per heavy atom. The van der Waals surface area contributed by atoms with Gasteiger partial charge in [0.2, 0.25) is 5.91 Å². The first-order valence-electron chi connectivity index (χ1n) is 6.60. The molecule has 0 unspecified atom stereocenters. The van der Waals surface area contributed by atoms with Gasteiger partial charge in [-0.05, 0) is 24.5 Å².